The van der Waals surface area contributed by atoms with Crippen LogP contribution in [0.1, 0.15) is 31.7 Å². The summed E-state index contributed by atoms with van der Waals surface area (Å²) in [6.45, 7) is 1.73. The number of carboxylic acids is 1. The van der Waals surface area contributed by atoms with Gasteiger partial charge in [0.15, 0.2) is 0 Å². The second-order valence-corrected chi connectivity index (χ2v) is 5.79. The van der Waals surface area contributed by atoms with Gasteiger partial charge in [0.1, 0.15) is 12.1 Å². The fourth-order valence-electron chi connectivity index (χ4n) is 2.29. The highest BCUT2D eigenvalue weighted by molar-refractivity contribution is 5.90. The number of aliphatic carboxylic acids is 1. The summed E-state index contributed by atoms with van der Waals surface area (Å²) in [6, 6.07) is 5.50. The van der Waals surface area contributed by atoms with E-state index < -0.39 is 42.5 Å². The summed E-state index contributed by atoms with van der Waals surface area (Å²) in [4.78, 5) is 35.2. The minimum absolute atomic E-state index is 0.000749. The molecule has 2 amide bonds. The molecule has 0 spiro atoms. The van der Waals surface area contributed by atoms with Crippen LogP contribution in [0.15, 0.2) is 30.3 Å². The van der Waals surface area contributed by atoms with Crippen molar-refractivity contribution in [3.8, 4) is 0 Å². The summed E-state index contributed by atoms with van der Waals surface area (Å²) in [5, 5.41) is 13.2. The van der Waals surface area contributed by atoms with Crippen molar-refractivity contribution in [1.29, 1.82) is 0 Å². The molecule has 0 fully saturated rings. The summed E-state index contributed by atoms with van der Waals surface area (Å²) in [5.41, 5.74) is 0.709. The van der Waals surface area contributed by atoms with E-state index in [0.717, 1.165) is 0 Å². The van der Waals surface area contributed by atoms with E-state index in [1.54, 1.807) is 37.3 Å². The molecule has 2 atom stereocenters. The van der Waals surface area contributed by atoms with Gasteiger partial charge >= 0.3 is 12.1 Å². The van der Waals surface area contributed by atoms with Crippen molar-refractivity contribution in [3.63, 3.8) is 0 Å². The Hall–Kier alpha value is -2.58. The fourth-order valence-corrected chi connectivity index (χ4v) is 2.29. The standard InChI is InChI=1S/C17H21F3N2O4/c1-2-6-12(21-14(23)9-11-7-4-3-5-8-11)15(24)22-13(16(25)26)10-17(18,19)20/h3-5,7-8,12-13H,2,6,9-10H2,1H3,(H,21,23)(H,22,24)(H,25,26). The summed E-state index contributed by atoms with van der Waals surface area (Å²) >= 11 is 0. The third kappa shape index (κ3) is 8.00. The van der Waals surface area contributed by atoms with E-state index in [1.165, 1.54) is 0 Å². The quantitative estimate of drug-likeness (QED) is 0.616. The summed E-state index contributed by atoms with van der Waals surface area (Å²) in [6.07, 6.45) is -5.79. The van der Waals surface area contributed by atoms with Gasteiger partial charge in [-0.1, -0.05) is 43.7 Å². The lowest BCUT2D eigenvalue weighted by molar-refractivity contribution is -0.160. The SMILES string of the molecule is CCCC(NC(=O)Cc1ccccc1)C(=O)NC(CC(F)(F)F)C(=O)O. The Morgan fingerprint density at radius 3 is 2.19 bits per heavy atom. The number of carbonyl (C=O) groups is 3. The number of hydrogen-bond donors (Lipinski definition) is 3. The second kappa shape index (κ2) is 9.79. The molecule has 0 saturated heterocycles. The van der Waals surface area contributed by atoms with Crippen molar-refractivity contribution in [2.75, 3.05) is 0 Å². The Morgan fingerprint density at radius 2 is 1.69 bits per heavy atom. The fraction of sp³-hybridized carbons (Fsp3) is 0.471. The van der Waals surface area contributed by atoms with Gasteiger partial charge in [-0.15, -0.1) is 0 Å². The van der Waals surface area contributed by atoms with Gasteiger partial charge in [-0.3, -0.25) is 9.59 Å². The molecule has 0 bridgehead atoms. The zero-order valence-corrected chi connectivity index (χ0v) is 14.2. The predicted octanol–water partition coefficient (Wildman–Crippen LogP) is 2.04. The van der Waals surface area contributed by atoms with E-state index in [0.29, 0.717) is 12.0 Å². The number of amides is 2. The Balaban J connectivity index is 2.72. The van der Waals surface area contributed by atoms with Crippen molar-refractivity contribution in [2.24, 2.45) is 0 Å². The van der Waals surface area contributed by atoms with E-state index in [9.17, 15) is 27.6 Å². The topological polar surface area (TPSA) is 95.5 Å². The molecule has 1 aromatic rings. The van der Waals surface area contributed by atoms with Crippen LogP contribution < -0.4 is 10.6 Å². The second-order valence-electron chi connectivity index (χ2n) is 5.79. The van der Waals surface area contributed by atoms with Gasteiger partial charge in [0.05, 0.1) is 12.8 Å². The highest BCUT2D eigenvalue weighted by Gasteiger charge is 2.37. The average Bonchev–Trinajstić information content (AvgIpc) is 2.53. The molecule has 0 saturated carbocycles. The minimum atomic E-state index is -4.74. The van der Waals surface area contributed by atoms with Crippen molar-refractivity contribution in [2.45, 2.75) is 50.9 Å². The molecule has 0 aliphatic heterocycles. The number of carboxylic acid groups (broad SMARTS) is 1. The normalized spacial score (nSPS) is 13.5. The zero-order valence-electron chi connectivity index (χ0n) is 14.2. The van der Waals surface area contributed by atoms with E-state index >= 15 is 0 Å². The molecular formula is C17H21F3N2O4. The molecular weight excluding hydrogens is 353 g/mol. The molecule has 0 aliphatic carbocycles. The molecule has 144 valence electrons. The minimum Gasteiger partial charge on any atom is -0.480 e. The molecule has 6 nitrogen and oxygen atoms in total. The first-order valence-corrected chi connectivity index (χ1v) is 8.05. The number of carbonyl (C=O) groups excluding carboxylic acids is 2. The molecule has 26 heavy (non-hydrogen) atoms. The molecule has 1 aromatic carbocycles. The maximum Gasteiger partial charge on any atom is 0.391 e. The molecule has 2 unspecified atom stereocenters. The lowest BCUT2D eigenvalue weighted by Crippen LogP contribution is -2.52. The Bertz CT molecular complexity index is 620. The number of alkyl halides is 3. The third-order valence-electron chi connectivity index (χ3n) is 3.49. The first kappa shape index (κ1) is 21.5. The van der Waals surface area contributed by atoms with Crippen LogP contribution in [0.25, 0.3) is 0 Å². The first-order chi connectivity index (χ1) is 12.1. The van der Waals surface area contributed by atoms with Crippen LogP contribution in [0.2, 0.25) is 0 Å². The lowest BCUT2D eigenvalue weighted by Gasteiger charge is -2.22. The van der Waals surface area contributed by atoms with Gasteiger partial charge in [-0.25, -0.2) is 4.79 Å². The summed E-state index contributed by atoms with van der Waals surface area (Å²) in [7, 11) is 0. The molecule has 0 aromatic heterocycles. The van der Waals surface area contributed by atoms with Crippen molar-refractivity contribution < 1.29 is 32.7 Å². The Morgan fingerprint density at radius 1 is 1.08 bits per heavy atom. The largest absolute Gasteiger partial charge is 0.480 e. The maximum atomic E-state index is 12.4. The van der Waals surface area contributed by atoms with Gasteiger partial charge in [0.25, 0.3) is 0 Å². The van der Waals surface area contributed by atoms with Gasteiger partial charge < -0.3 is 15.7 Å². The monoisotopic (exact) mass is 374 g/mol. The van der Waals surface area contributed by atoms with Gasteiger partial charge in [-0.05, 0) is 12.0 Å². The van der Waals surface area contributed by atoms with Crippen LogP contribution in [0.5, 0.6) is 0 Å². The molecule has 0 heterocycles. The Labute approximate surface area is 148 Å². The number of rotatable bonds is 9. The van der Waals surface area contributed by atoms with Crippen molar-refractivity contribution in [1.82, 2.24) is 10.6 Å². The zero-order chi connectivity index (χ0) is 19.7. The van der Waals surface area contributed by atoms with Crippen LogP contribution >= 0.6 is 0 Å². The van der Waals surface area contributed by atoms with Crippen LogP contribution in [0, 0.1) is 0 Å². The van der Waals surface area contributed by atoms with Crippen LogP contribution in [0.3, 0.4) is 0 Å². The Kier molecular flexibility index (Phi) is 8.08. The average molecular weight is 374 g/mol. The van der Waals surface area contributed by atoms with Crippen LogP contribution in [-0.2, 0) is 20.8 Å². The maximum absolute atomic E-state index is 12.4. The van der Waals surface area contributed by atoms with Crippen molar-refractivity contribution >= 4 is 17.8 Å². The van der Waals surface area contributed by atoms with Crippen LogP contribution in [0.4, 0.5) is 13.2 Å². The predicted molar refractivity (Wildman–Crippen MR) is 87.2 cm³/mol. The molecule has 0 radical (unpaired) electrons. The molecule has 1 rings (SSSR count). The molecule has 0 aliphatic rings. The van der Waals surface area contributed by atoms with Gasteiger partial charge in [0.2, 0.25) is 11.8 Å². The van der Waals surface area contributed by atoms with Crippen LogP contribution in [-0.4, -0.2) is 41.2 Å². The van der Waals surface area contributed by atoms with Gasteiger partial charge in [-0.2, -0.15) is 13.2 Å². The molecule has 3 N–H and O–H groups in total. The number of nitrogens with one attached hydrogen (secondary N) is 2. The number of hydrogen-bond acceptors (Lipinski definition) is 3. The summed E-state index contributed by atoms with van der Waals surface area (Å²) in [5.74, 6) is -3.22. The highest BCUT2D eigenvalue weighted by atomic mass is 19.4. The number of halogens is 3. The van der Waals surface area contributed by atoms with E-state index in [2.05, 4.69) is 5.32 Å². The van der Waals surface area contributed by atoms with E-state index in [-0.39, 0.29) is 12.8 Å². The third-order valence-corrected chi connectivity index (χ3v) is 3.49. The van der Waals surface area contributed by atoms with Crippen molar-refractivity contribution in [3.05, 3.63) is 35.9 Å². The smallest absolute Gasteiger partial charge is 0.391 e. The lowest BCUT2D eigenvalue weighted by atomic mass is 10.1. The summed E-state index contributed by atoms with van der Waals surface area (Å²) < 4.78 is 37.3. The van der Waals surface area contributed by atoms with E-state index in [4.69, 9.17) is 5.11 Å². The number of benzene rings is 1. The van der Waals surface area contributed by atoms with Gasteiger partial charge in [0, 0.05) is 0 Å². The molecule has 9 heteroatoms. The van der Waals surface area contributed by atoms with E-state index in [1.807, 2.05) is 5.32 Å². The first-order valence-electron chi connectivity index (χ1n) is 8.05. The highest BCUT2D eigenvalue weighted by Crippen LogP contribution is 2.21.